The molecule has 0 saturated heterocycles. The zero-order valence-electron chi connectivity index (χ0n) is 12.1. The predicted octanol–water partition coefficient (Wildman–Crippen LogP) is 5.40. The Morgan fingerprint density at radius 3 is 1.71 bits per heavy atom. The molecule has 0 bridgehead atoms. The summed E-state index contributed by atoms with van der Waals surface area (Å²) < 4.78 is 77.1. The molecule has 2 rings (SSSR count). The summed E-state index contributed by atoms with van der Waals surface area (Å²) in [6.45, 7) is 1.41. The Bertz CT molecular complexity index is 758. The number of benzene rings is 2. The van der Waals surface area contributed by atoms with Crippen LogP contribution in [0.4, 0.5) is 26.3 Å². The van der Waals surface area contributed by atoms with Crippen LogP contribution in [0.5, 0.6) is 0 Å². The molecule has 0 heterocycles. The zero-order valence-corrected chi connectivity index (χ0v) is 12.1. The van der Waals surface area contributed by atoms with E-state index in [2.05, 4.69) is 0 Å². The van der Waals surface area contributed by atoms with E-state index < -0.39 is 29.4 Å². The minimum Gasteiger partial charge on any atom is -0.478 e. The van der Waals surface area contributed by atoms with Crippen LogP contribution in [0.1, 0.15) is 27.0 Å². The molecule has 0 atom stereocenters. The third-order valence-electron chi connectivity index (χ3n) is 3.38. The highest BCUT2D eigenvalue weighted by molar-refractivity contribution is 5.90. The molecule has 2 aromatic rings. The molecule has 8 heteroatoms. The topological polar surface area (TPSA) is 37.3 Å². The molecule has 1 N–H and O–H groups in total. The largest absolute Gasteiger partial charge is 0.478 e. The highest BCUT2D eigenvalue weighted by Crippen LogP contribution is 2.38. The molecule has 0 aromatic heterocycles. The smallest absolute Gasteiger partial charge is 0.416 e. The van der Waals surface area contributed by atoms with E-state index in [9.17, 15) is 31.1 Å². The van der Waals surface area contributed by atoms with Crippen molar-refractivity contribution < 1.29 is 36.2 Å². The Morgan fingerprint density at radius 2 is 1.33 bits per heavy atom. The molecular weight excluding hydrogens is 338 g/mol. The van der Waals surface area contributed by atoms with E-state index in [0.717, 1.165) is 6.07 Å². The van der Waals surface area contributed by atoms with E-state index in [1.807, 2.05) is 0 Å². The first-order valence-corrected chi connectivity index (χ1v) is 6.53. The third-order valence-corrected chi connectivity index (χ3v) is 3.38. The quantitative estimate of drug-likeness (QED) is 0.738. The highest BCUT2D eigenvalue weighted by Gasteiger charge is 2.37. The number of aryl methyl sites for hydroxylation is 1. The highest BCUT2D eigenvalue weighted by atomic mass is 19.4. The molecule has 0 fully saturated rings. The summed E-state index contributed by atoms with van der Waals surface area (Å²) in [6.07, 6.45) is -9.88. The molecule has 128 valence electrons. The Balaban J connectivity index is 2.66. The monoisotopic (exact) mass is 348 g/mol. The summed E-state index contributed by atoms with van der Waals surface area (Å²) in [7, 11) is 0. The van der Waals surface area contributed by atoms with Gasteiger partial charge in [0.05, 0.1) is 16.7 Å². The summed E-state index contributed by atoms with van der Waals surface area (Å²) in [6, 6.07) is 4.79. The summed E-state index contributed by atoms with van der Waals surface area (Å²) in [5, 5.41) is 8.93. The normalized spacial score (nSPS) is 12.3. The number of carbonyl (C=O) groups is 1. The number of alkyl halides is 6. The van der Waals surface area contributed by atoms with Gasteiger partial charge in [0.15, 0.2) is 0 Å². The van der Waals surface area contributed by atoms with Gasteiger partial charge < -0.3 is 5.11 Å². The number of carboxylic acids is 1. The van der Waals surface area contributed by atoms with Gasteiger partial charge in [0.1, 0.15) is 0 Å². The number of hydrogen-bond acceptors (Lipinski definition) is 1. The Labute approximate surface area is 132 Å². The van der Waals surface area contributed by atoms with Crippen LogP contribution < -0.4 is 0 Å². The lowest BCUT2D eigenvalue weighted by Crippen LogP contribution is -2.11. The van der Waals surface area contributed by atoms with Crippen LogP contribution in [0.3, 0.4) is 0 Å². The fourth-order valence-electron chi connectivity index (χ4n) is 2.20. The standard InChI is InChI=1S/C16H10F6O2/c1-8-4-9(2-3-13(8)14(23)24)10-5-11(15(17,18)19)7-12(6-10)16(20,21)22/h2-7H,1H3,(H,23,24). The molecule has 0 amide bonds. The number of carboxylic acid groups (broad SMARTS) is 1. The molecule has 0 radical (unpaired) electrons. The maximum atomic E-state index is 12.9. The summed E-state index contributed by atoms with van der Waals surface area (Å²) >= 11 is 0. The predicted molar refractivity (Wildman–Crippen MR) is 73.6 cm³/mol. The van der Waals surface area contributed by atoms with Crippen molar-refractivity contribution in [3.63, 3.8) is 0 Å². The van der Waals surface area contributed by atoms with E-state index in [1.165, 1.54) is 19.1 Å². The minimum atomic E-state index is -4.94. The van der Waals surface area contributed by atoms with Crippen molar-refractivity contribution in [2.24, 2.45) is 0 Å². The van der Waals surface area contributed by atoms with Crippen LogP contribution in [-0.4, -0.2) is 11.1 Å². The fraction of sp³-hybridized carbons (Fsp3) is 0.188. The van der Waals surface area contributed by atoms with E-state index in [4.69, 9.17) is 5.11 Å². The molecular formula is C16H10F6O2. The average Bonchev–Trinajstić information content (AvgIpc) is 2.44. The molecule has 0 spiro atoms. The molecule has 0 aliphatic heterocycles. The minimum absolute atomic E-state index is 0.0436. The molecule has 2 nitrogen and oxygen atoms in total. The van der Waals surface area contributed by atoms with Crippen LogP contribution in [0.15, 0.2) is 36.4 Å². The van der Waals surface area contributed by atoms with Gasteiger partial charge in [-0.25, -0.2) is 4.79 Å². The lowest BCUT2D eigenvalue weighted by Gasteiger charge is -2.15. The second-order valence-electron chi connectivity index (χ2n) is 5.13. The van der Waals surface area contributed by atoms with E-state index in [-0.39, 0.29) is 28.3 Å². The average molecular weight is 348 g/mol. The van der Waals surface area contributed by atoms with Crippen molar-refractivity contribution >= 4 is 5.97 Å². The van der Waals surface area contributed by atoms with Crippen molar-refractivity contribution in [3.05, 3.63) is 58.7 Å². The van der Waals surface area contributed by atoms with Crippen molar-refractivity contribution in [1.82, 2.24) is 0 Å². The van der Waals surface area contributed by atoms with Crippen LogP contribution in [-0.2, 0) is 12.4 Å². The zero-order chi connectivity index (χ0) is 18.3. The first-order valence-electron chi connectivity index (χ1n) is 6.53. The SMILES string of the molecule is Cc1cc(-c2cc(C(F)(F)F)cc(C(F)(F)F)c2)ccc1C(=O)O. The lowest BCUT2D eigenvalue weighted by molar-refractivity contribution is -0.143. The fourth-order valence-corrected chi connectivity index (χ4v) is 2.20. The summed E-state index contributed by atoms with van der Waals surface area (Å²) in [4.78, 5) is 10.9. The van der Waals surface area contributed by atoms with Crippen molar-refractivity contribution in [1.29, 1.82) is 0 Å². The third kappa shape index (κ3) is 3.69. The van der Waals surface area contributed by atoms with E-state index in [1.54, 1.807) is 0 Å². The van der Waals surface area contributed by atoms with Crippen molar-refractivity contribution in [2.75, 3.05) is 0 Å². The van der Waals surface area contributed by atoms with Crippen LogP contribution in [0, 0.1) is 6.92 Å². The Kier molecular flexibility index (Phi) is 4.34. The van der Waals surface area contributed by atoms with Gasteiger partial charge in [0.25, 0.3) is 0 Å². The Hall–Kier alpha value is -2.51. The maximum Gasteiger partial charge on any atom is 0.416 e. The number of hydrogen-bond donors (Lipinski definition) is 1. The second-order valence-corrected chi connectivity index (χ2v) is 5.13. The van der Waals surface area contributed by atoms with Gasteiger partial charge in [-0.2, -0.15) is 26.3 Å². The molecule has 0 aliphatic carbocycles. The molecule has 0 unspecified atom stereocenters. The Morgan fingerprint density at radius 1 is 0.833 bits per heavy atom. The first-order chi connectivity index (χ1) is 10.9. The van der Waals surface area contributed by atoms with Gasteiger partial charge in [-0.3, -0.25) is 0 Å². The number of aromatic carboxylic acids is 1. The van der Waals surface area contributed by atoms with Crippen LogP contribution in [0.25, 0.3) is 11.1 Å². The van der Waals surface area contributed by atoms with Gasteiger partial charge in [0, 0.05) is 0 Å². The maximum absolute atomic E-state index is 12.9. The van der Waals surface area contributed by atoms with Gasteiger partial charge >= 0.3 is 18.3 Å². The van der Waals surface area contributed by atoms with E-state index in [0.29, 0.717) is 12.1 Å². The van der Waals surface area contributed by atoms with Crippen LogP contribution >= 0.6 is 0 Å². The number of halogens is 6. The summed E-state index contributed by atoms with van der Waals surface area (Å²) in [5.74, 6) is -1.24. The van der Waals surface area contributed by atoms with E-state index >= 15 is 0 Å². The molecule has 0 saturated carbocycles. The lowest BCUT2D eigenvalue weighted by atomic mass is 9.96. The van der Waals surface area contributed by atoms with Crippen LogP contribution in [0.2, 0.25) is 0 Å². The number of rotatable bonds is 2. The molecule has 0 aliphatic rings. The van der Waals surface area contributed by atoms with Crippen molar-refractivity contribution in [3.8, 4) is 11.1 Å². The van der Waals surface area contributed by atoms with Gasteiger partial charge in [-0.05, 0) is 47.9 Å². The van der Waals surface area contributed by atoms with Gasteiger partial charge in [0.2, 0.25) is 0 Å². The molecule has 24 heavy (non-hydrogen) atoms. The van der Waals surface area contributed by atoms with Gasteiger partial charge in [-0.1, -0.05) is 12.1 Å². The van der Waals surface area contributed by atoms with Crippen molar-refractivity contribution in [2.45, 2.75) is 19.3 Å². The van der Waals surface area contributed by atoms with Gasteiger partial charge in [-0.15, -0.1) is 0 Å². The second kappa shape index (κ2) is 5.85. The summed E-state index contributed by atoms with van der Waals surface area (Å²) in [5.41, 5.74) is -2.93. The first kappa shape index (κ1) is 17.8. The molecule has 2 aromatic carbocycles.